The predicted octanol–water partition coefficient (Wildman–Crippen LogP) is 1.71. The fourth-order valence-electron chi connectivity index (χ4n) is 1.50. The van der Waals surface area contributed by atoms with Crippen LogP contribution in [0.1, 0.15) is 41.5 Å². The van der Waals surface area contributed by atoms with Crippen molar-refractivity contribution in [1.82, 2.24) is 0 Å². The number of cyclic esters (lactones) is 3. The second-order valence-corrected chi connectivity index (χ2v) is 7.38. The molecule has 1 heterocycles. The van der Waals surface area contributed by atoms with Gasteiger partial charge in [-0.25, -0.2) is 0 Å². The van der Waals surface area contributed by atoms with E-state index in [9.17, 15) is 14.4 Å². The van der Waals surface area contributed by atoms with Crippen LogP contribution in [0.25, 0.3) is 0 Å². The molecule has 1 aliphatic heterocycles. The van der Waals surface area contributed by atoms with Crippen molar-refractivity contribution >= 4 is 17.9 Å². The first-order valence-corrected chi connectivity index (χ1v) is 6.90. The van der Waals surface area contributed by atoms with Crippen molar-refractivity contribution in [3.8, 4) is 0 Å². The summed E-state index contributed by atoms with van der Waals surface area (Å²) in [6.45, 7) is 9.55. The minimum atomic E-state index is -0.967. The summed E-state index contributed by atoms with van der Waals surface area (Å²) >= 11 is 0. The molecule has 0 unspecified atom stereocenters. The summed E-state index contributed by atoms with van der Waals surface area (Å²) in [5.74, 6) is -1.56. The van der Waals surface area contributed by atoms with E-state index < -0.39 is 34.2 Å². The van der Waals surface area contributed by atoms with Crippen LogP contribution >= 0.6 is 0 Å². The van der Waals surface area contributed by atoms with E-state index in [2.05, 4.69) is 0 Å². The van der Waals surface area contributed by atoms with Crippen LogP contribution in [0.3, 0.4) is 0 Å². The molecule has 21 heavy (non-hydrogen) atoms. The highest BCUT2D eigenvalue weighted by atomic mass is 16.6. The van der Waals surface area contributed by atoms with Gasteiger partial charge in [0, 0.05) is 0 Å². The molecule has 0 saturated carbocycles. The summed E-state index contributed by atoms with van der Waals surface area (Å²) in [5.41, 5.74) is -2.90. The normalized spacial score (nSPS) is 25.7. The van der Waals surface area contributed by atoms with Crippen LogP contribution in [0.5, 0.6) is 0 Å². The third-order valence-corrected chi connectivity index (χ3v) is 3.35. The van der Waals surface area contributed by atoms with Crippen molar-refractivity contribution in [2.24, 2.45) is 16.2 Å². The van der Waals surface area contributed by atoms with Crippen molar-refractivity contribution in [2.75, 3.05) is 19.8 Å². The molecule has 0 aliphatic carbocycles. The van der Waals surface area contributed by atoms with Gasteiger partial charge in [0.05, 0.1) is 16.2 Å². The standard InChI is InChI=1S/C15H24O6/c1-13(2)7-19-11(17)15(5,6)9-21-12(18)14(3,4)8-20-10(13)16/h7-9H2,1-6H3. The van der Waals surface area contributed by atoms with E-state index in [1.54, 1.807) is 41.5 Å². The number of carbonyl (C=O) groups excluding carboxylic acids is 3. The van der Waals surface area contributed by atoms with Crippen LogP contribution in [0.15, 0.2) is 0 Å². The average Bonchev–Trinajstić information content (AvgIpc) is 2.38. The van der Waals surface area contributed by atoms with Crippen molar-refractivity contribution in [3.63, 3.8) is 0 Å². The Morgan fingerprint density at radius 3 is 0.952 bits per heavy atom. The highest BCUT2D eigenvalue weighted by Crippen LogP contribution is 2.27. The first-order valence-electron chi connectivity index (χ1n) is 6.90. The molecular weight excluding hydrogens is 276 g/mol. The van der Waals surface area contributed by atoms with Crippen LogP contribution in [0.4, 0.5) is 0 Å². The molecule has 1 rings (SSSR count). The maximum absolute atomic E-state index is 12.0. The first kappa shape index (κ1) is 17.5. The fourth-order valence-corrected chi connectivity index (χ4v) is 1.50. The molecule has 1 saturated heterocycles. The summed E-state index contributed by atoms with van der Waals surface area (Å²) in [6.07, 6.45) is 0. The molecule has 120 valence electrons. The molecule has 0 aromatic heterocycles. The largest absolute Gasteiger partial charge is 0.464 e. The highest BCUT2D eigenvalue weighted by molar-refractivity contribution is 5.81. The smallest absolute Gasteiger partial charge is 0.315 e. The number of esters is 3. The topological polar surface area (TPSA) is 78.9 Å². The quantitative estimate of drug-likeness (QED) is 0.500. The lowest BCUT2D eigenvalue weighted by atomic mass is 9.91. The molecule has 0 bridgehead atoms. The van der Waals surface area contributed by atoms with Crippen LogP contribution in [-0.4, -0.2) is 37.7 Å². The number of ether oxygens (including phenoxy) is 3. The van der Waals surface area contributed by atoms with Gasteiger partial charge < -0.3 is 14.2 Å². The lowest BCUT2D eigenvalue weighted by Crippen LogP contribution is -2.42. The Labute approximate surface area is 125 Å². The Hall–Kier alpha value is -1.59. The summed E-state index contributed by atoms with van der Waals surface area (Å²) in [4.78, 5) is 36.1. The molecule has 6 nitrogen and oxygen atoms in total. The van der Waals surface area contributed by atoms with E-state index in [1.165, 1.54) is 0 Å². The number of hydrogen-bond donors (Lipinski definition) is 0. The van der Waals surface area contributed by atoms with Gasteiger partial charge in [0.25, 0.3) is 0 Å². The Morgan fingerprint density at radius 2 is 0.762 bits per heavy atom. The van der Waals surface area contributed by atoms with Gasteiger partial charge in [0.2, 0.25) is 0 Å². The third-order valence-electron chi connectivity index (χ3n) is 3.35. The monoisotopic (exact) mass is 300 g/mol. The van der Waals surface area contributed by atoms with Gasteiger partial charge in [-0.05, 0) is 41.5 Å². The van der Waals surface area contributed by atoms with Crippen LogP contribution < -0.4 is 0 Å². The molecule has 6 heteroatoms. The maximum atomic E-state index is 12.0. The zero-order valence-corrected chi connectivity index (χ0v) is 13.6. The molecule has 0 atom stereocenters. The number of rotatable bonds is 0. The summed E-state index contributed by atoms with van der Waals surface area (Å²) in [5, 5.41) is 0. The van der Waals surface area contributed by atoms with Gasteiger partial charge in [-0.1, -0.05) is 0 Å². The van der Waals surface area contributed by atoms with E-state index in [-0.39, 0.29) is 19.8 Å². The minimum absolute atomic E-state index is 0.0809. The van der Waals surface area contributed by atoms with Crippen molar-refractivity contribution in [1.29, 1.82) is 0 Å². The Morgan fingerprint density at radius 1 is 0.571 bits per heavy atom. The molecule has 0 spiro atoms. The van der Waals surface area contributed by atoms with Gasteiger partial charge in [-0.2, -0.15) is 0 Å². The lowest BCUT2D eigenvalue weighted by Gasteiger charge is -2.31. The second kappa shape index (κ2) is 5.66. The van der Waals surface area contributed by atoms with E-state index in [4.69, 9.17) is 14.2 Å². The van der Waals surface area contributed by atoms with E-state index >= 15 is 0 Å². The summed E-state index contributed by atoms with van der Waals surface area (Å²) in [6, 6.07) is 0. The minimum Gasteiger partial charge on any atom is -0.464 e. The zero-order valence-electron chi connectivity index (χ0n) is 13.6. The van der Waals surface area contributed by atoms with Crippen molar-refractivity contribution in [3.05, 3.63) is 0 Å². The van der Waals surface area contributed by atoms with Crippen molar-refractivity contribution < 1.29 is 28.6 Å². The maximum Gasteiger partial charge on any atom is 0.315 e. The average molecular weight is 300 g/mol. The van der Waals surface area contributed by atoms with Crippen LogP contribution in [0, 0.1) is 16.2 Å². The van der Waals surface area contributed by atoms with Gasteiger partial charge in [-0.3, -0.25) is 14.4 Å². The van der Waals surface area contributed by atoms with Crippen molar-refractivity contribution in [2.45, 2.75) is 41.5 Å². The molecule has 0 amide bonds. The molecule has 1 aliphatic rings. The van der Waals surface area contributed by atoms with Crippen LogP contribution in [-0.2, 0) is 28.6 Å². The van der Waals surface area contributed by atoms with E-state index in [0.29, 0.717) is 0 Å². The van der Waals surface area contributed by atoms with E-state index in [1.807, 2.05) is 0 Å². The molecule has 1 fully saturated rings. The fraction of sp³-hybridized carbons (Fsp3) is 0.800. The highest BCUT2D eigenvalue weighted by Gasteiger charge is 2.40. The van der Waals surface area contributed by atoms with Gasteiger partial charge in [0.1, 0.15) is 19.8 Å². The van der Waals surface area contributed by atoms with Gasteiger partial charge in [-0.15, -0.1) is 0 Å². The Balaban J connectivity index is 3.03. The van der Waals surface area contributed by atoms with E-state index in [0.717, 1.165) is 0 Å². The molecular formula is C15H24O6. The SMILES string of the molecule is CC1(C)COC(=O)C(C)(C)COC(=O)C(C)(C)COC1=O. The lowest BCUT2D eigenvalue weighted by molar-refractivity contribution is -0.179. The molecule has 0 N–H and O–H groups in total. The number of hydrogen-bond acceptors (Lipinski definition) is 6. The second-order valence-electron chi connectivity index (χ2n) is 7.38. The van der Waals surface area contributed by atoms with Gasteiger partial charge in [0.15, 0.2) is 0 Å². The third kappa shape index (κ3) is 4.19. The summed E-state index contributed by atoms with van der Waals surface area (Å²) < 4.78 is 15.5. The molecule has 0 aromatic carbocycles. The Bertz CT molecular complexity index is 381. The summed E-state index contributed by atoms with van der Waals surface area (Å²) in [7, 11) is 0. The van der Waals surface area contributed by atoms with Gasteiger partial charge >= 0.3 is 17.9 Å². The van der Waals surface area contributed by atoms with Crippen LogP contribution in [0.2, 0.25) is 0 Å². The zero-order chi connectivity index (χ0) is 16.5. The predicted molar refractivity (Wildman–Crippen MR) is 74.2 cm³/mol. The Kier molecular flexibility index (Phi) is 4.70. The number of carbonyl (C=O) groups is 3. The molecule has 0 radical (unpaired) electrons. The first-order chi connectivity index (χ1) is 9.38. The molecule has 0 aromatic rings.